The molecule has 0 aromatic rings. The van der Waals surface area contributed by atoms with Crippen LogP contribution in [0.3, 0.4) is 0 Å². The van der Waals surface area contributed by atoms with Gasteiger partial charge in [-0.25, -0.2) is 9.78 Å². The van der Waals surface area contributed by atoms with Crippen LogP contribution in [0.5, 0.6) is 0 Å². The molecule has 0 saturated carbocycles. The second-order valence-corrected chi connectivity index (χ2v) is 3.75. The van der Waals surface area contributed by atoms with E-state index in [0.717, 1.165) is 0 Å². The van der Waals surface area contributed by atoms with E-state index in [-0.39, 0.29) is 0 Å². The predicted molar refractivity (Wildman–Crippen MR) is 62.3 cm³/mol. The van der Waals surface area contributed by atoms with Gasteiger partial charge in [0, 0.05) is 0 Å². The average Bonchev–Trinajstić information content (AvgIpc) is 2.54. The average molecular weight is 384 g/mol. The fraction of sp³-hybridized carbons (Fsp3) is 0.455. The van der Waals surface area contributed by atoms with E-state index >= 15 is 0 Å². The summed E-state index contributed by atoms with van der Waals surface area (Å²) < 4.78 is 86.8. The molecule has 0 saturated heterocycles. The van der Waals surface area contributed by atoms with Crippen LogP contribution < -0.4 is 0 Å². The highest BCUT2D eigenvalue weighted by atomic mass is 19.3. The van der Waals surface area contributed by atoms with Crippen LogP contribution in [-0.4, -0.2) is 43.3 Å². The molecule has 0 fully saturated rings. The highest BCUT2D eigenvalue weighted by Gasteiger charge is 2.72. The first-order chi connectivity index (χ1) is 11.4. The van der Waals surface area contributed by atoms with E-state index in [0.29, 0.717) is 12.5 Å². The summed E-state index contributed by atoms with van der Waals surface area (Å²) in [5.41, 5.74) is 0. The number of hydrogen-bond acceptors (Lipinski definition) is 8. The first-order valence-corrected chi connectivity index (χ1v) is 5.76. The van der Waals surface area contributed by atoms with Crippen molar-refractivity contribution >= 4 is 12.3 Å². The van der Waals surface area contributed by atoms with Crippen molar-refractivity contribution in [3.8, 4) is 0 Å². The smallest absolute Gasteiger partial charge is 0.425 e. The van der Waals surface area contributed by atoms with Crippen molar-refractivity contribution in [2.24, 2.45) is 0 Å². The summed E-state index contributed by atoms with van der Waals surface area (Å²) in [5.74, 6) is -17.2. The molecule has 0 heterocycles. The topological polar surface area (TPSA) is 89.5 Å². The zero-order valence-electron chi connectivity index (χ0n) is 12.0. The van der Waals surface area contributed by atoms with Crippen LogP contribution in [-0.2, 0) is 29.0 Å². The van der Waals surface area contributed by atoms with Crippen LogP contribution in [0.25, 0.3) is 0 Å². The maximum Gasteiger partial charge on any atom is 0.549 e. The summed E-state index contributed by atoms with van der Waals surface area (Å²) in [4.78, 5) is 35.9. The largest absolute Gasteiger partial charge is 0.549 e. The lowest BCUT2D eigenvalue weighted by Crippen LogP contribution is -2.58. The molecule has 0 spiro atoms. The number of rotatable bonds is 10. The predicted octanol–water partition coefficient (Wildman–Crippen LogP) is 3.35. The second kappa shape index (κ2) is 8.89. The number of alkyl halides is 6. The molecule has 0 aliphatic rings. The van der Waals surface area contributed by atoms with Crippen LogP contribution in [0.15, 0.2) is 25.7 Å². The van der Waals surface area contributed by atoms with Crippen molar-refractivity contribution in [3.63, 3.8) is 0 Å². The van der Waals surface area contributed by atoms with Crippen molar-refractivity contribution in [3.05, 3.63) is 25.7 Å². The molecule has 0 aromatic heterocycles. The normalized spacial score (nSPS) is 11.8. The second-order valence-electron chi connectivity index (χ2n) is 3.75. The first-order valence-electron chi connectivity index (χ1n) is 5.76. The van der Waals surface area contributed by atoms with Gasteiger partial charge in [0.25, 0.3) is 0 Å². The molecule has 0 rings (SSSR count). The van der Waals surface area contributed by atoms with Crippen LogP contribution in [0, 0.1) is 0 Å². The van der Waals surface area contributed by atoms with Gasteiger partial charge in [-0.3, -0.25) is 9.78 Å². The Morgan fingerprint density at radius 2 is 1.08 bits per heavy atom. The Kier molecular flexibility index (Phi) is 7.89. The Bertz CT molecular complexity index is 453. The fourth-order valence-corrected chi connectivity index (χ4v) is 0.943. The van der Waals surface area contributed by atoms with Crippen LogP contribution >= 0.6 is 0 Å². The van der Waals surface area contributed by atoms with Crippen molar-refractivity contribution < 1.29 is 65.0 Å². The molecule has 0 aliphatic heterocycles. The minimum Gasteiger partial charge on any atom is -0.425 e. The quantitative estimate of drug-likeness (QED) is 0.186. The van der Waals surface area contributed by atoms with Crippen LogP contribution in [0.1, 0.15) is 0 Å². The zero-order valence-corrected chi connectivity index (χ0v) is 12.0. The lowest BCUT2D eigenvalue weighted by atomic mass is 10.1. The first kappa shape index (κ1) is 22.2. The lowest BCUT2D eigenvalue weighted by Gasteiger charge is -2.31. The van der Waals surface area contributed by atoms with Gasteiger partial charge in [0.05, 0.1) is 0 Å². The Morgan fingerprint density at radius 3 is 1.36 bits per heavy atom. The number of carbonyl (C=O) groups is 2. The summed E-state index contributed by atoms with van der Waals surface area (Å²) in [5, 5.41) is 0. The van der Waals surface area contributed by atoms with Gasteiger partial charge in [-0.1, -0.05) is 13.2 Å². The molecule has 0 radical (unpaired) electrons. The number of ether oxygens (including phenoxy) is 2. The molecule has 0 amide bonds. The maximum atomic E-state index is 13.3. The number of halogens is 6. The summed E-state index contributed by atoms with van der Waals surface area (Å²) in [6.07, 6.45) is -3.04. The molecule has 0 aliphatic carbocycles. The molecule has 0 bridgehead atoms. The third kappa shape index (κ3) is 6.31. The monoisotopic (exact) mass is 384 g/mol. The highest BCUT2D eigenvalue weighted by molar-refractivity contribution is 5.59. The van der Waals surface area contributed by atoms with Gasteiger partial charge in [0.15, 0.2) is 13.2 Å². The summed E-state index contributed by atoms with van der Waals surface area (Å²) in [6.45, 7) is 0.754. The molecule has 0 aromatic carbocycles. The fourth-order valence-electron chi connectivity index (χ4n) is 0.943. The van der Waals surface area contributed by atoms with E-state index in [1.807, 2.05) is 0 Å². The van der Waals surface area contributed by atoms with Crippen molar-refractivity contribution in [1.29, 1.82) is 0 Å². The van der Waals surface area contributed by atoms with Crippen molar-refractivity contribution in [2.75, 3.05) is 13.2 Å². The molecule has 25 heavy (non-hydrogen) atoms. The van der Waals surface area contributed by atoms with E-state index in [2.05, 4.69) is 42.2 Å². The molecule has 0 atom stereocenters. The van der Waals surface area contributed by atoms with Crippen molar-refractivity contribution in [2.45, 2.75) is 17.8 Å². The highest BCUT2D eigenvalue weighted by Crippen LogP contribution is 2.46. The SMILES string of the molecule is C=COOC(=O)OCC(F)(F)C(F)(F)C(F)(F)COC(=O)OOC=C. The zero-order chi connectivity index (χ0) is 19.7. The van der Waals surface area contributed by atoms with Gasteiger partial charge >= 0.3 is 30.1 Å². The maximum absolute atomic E-state index is 13.3. The molecule has 0 N–H and O–H groups in total. The standard InChI is InChI=1S/C11H10F6O8/c1-3-22-24-7(18)20-5-9(12,13)11(16,17)10(14,15)6-21-8(19)25-23-4-2/h3-4H,1-2,5-6H2. The summed E-state index contributed by atoms with van der Waals surface area (Å²) in [6, 6.07) is 0. The van der Waals surface area contributed by atoms with E-state index in [4.69, 9.17) is 0 Å². The summed E-state index contributed by atoms with van der Waals surface area (Å²) >= 11 is 0. The third-order valence-electron chi connectivity index (χ3n) is 2.03. The van der Waals surface area contributed by atoms with E-state index in [9.17, 15) is 35.9 Å². The van der Waals surface area contributed by atoms with E-state index in [1.54, 1.807) is 0 Å². The molecule has 0 unspecified atom stereocenters. The lowest BCUT2D eigenvalue weighted by molar-refractivity contribution is -0.328. The third-order valence-corrected chi connectivity index (χ3v) is 2.03. The number of hydrogen-bond donors (Lipinski definition) is 0. The minimum absolute atomic E-state index is 0.509. The van der Waals surface area contributed by atoms with Crippen LogP contribution in [0.2, 0.25) is 0 Å². The molecule has 8 nitrogen and oxygen atoms in total. The van der Waals surface area contributed by atoms with Gasteiger partial charge in [-0.2, -0.15) is 35.9 Å². The molecule has 14 heteroatoms. The Balaban J connectivity index is 4.84. The number of carbonyl (C=O) groups excluding carboxylic acids is 2. The Labute approximate surface area is 135 Å². The molecular formula is C11H10F6O8. The van der Waals surface area contributed by atoms with E-state index < -0.39 is 43.3 Å². The van der Waals surface area contributed by atoms with Crippen LogP contribution in [0.4, 0.5) is 35.9 Å². The Morgan fingerprint density at radius 1 is 0.760 bits per heavy atom. The minimum atomic E-state index is -6.10. The summed E-state index contributed by atoms with van der Waals surface area (Å²) in [7, 11) is 0. The van der Waals surface area contributed by atoms with Gasteiger partial charge < -0.3 is 9.47 Å². The molecular weight excluding hydrogens is 374 g/mol. The Hall–Kier alpha value is -2.80. The van der Waals surface area contributed by atoms with E-state index in [1.165, 1.54) is 0 Å². The van der Waals surface area contributed by atoms with Crippen molar-refractivity contribution in [1.82, 2.24) is 0 Å². The van der Waals surface area contributed by atoms with Gasteiger partial charge in [-0.05, 0) is 0 Å². The van der Waals surface area contributed by atoms with Gasteiger partial charge in [-0.15, -0.1) is 0 Å². The van der Waals surface area contributed by atoms with Gasteiger partial charge in [0.2, 0.25) is 0 Å². The van der Waals surface area contributed by atoms with Gasteiger partial charge in [0.1, 0.15) is 12.5 Å². The molecule has 144 valence electrons.